The summed E-state index contributed by atoms with van der Waals surface area (Å²) >= 11 is 0. The molecule has 2 atom stereocenters. The van der Waals surface area contributed by atoms with Crippen LogP contribution in [0.3, 0.4) is 0 Å². The fraction of sp³-hybridized carbons (Fsp3) is 0.385. The van der Waals surface area contributed by atoms with Gasteiger partial charge < -0.3 is 9.67 Å². The number of imidazole rings is 1. The first-order chi connectivity index (χ1) is 8.99. The molecule has 1 aromatic carbocycles. The lowest BCUT2D eigenvalue weighted by molar-refractivity contribution is 0.0697. The van der Waals surface area contributed by atoms with Crippen LogP contribution in [0.2, 0.25) is 0 Å². The van der Waals surface area contributed by atoms with E-state index < -0.39 is 16.8 Å². The molecule has 2 unspecified atom stereocenters. The minimum Gasteiger partial charge on any atom is -0.478 e. The second-order valence-electron chi connectivity index (χ2n) is 4.54. The van der Waals surface area contributed by atoms with Gasteiger partial charge in [0.2, 0.25) is 0 Å². The van der Waals surface area contributed by atoms with Crippen LogP contribution in [0.5, 0.6) is 0 Å². The van der Waals surface area contributed by atoms with Gasteiger partial charge in [0.1, 0.15) is 0 Å². The Bertz CT molecular complexity index is 636. The maximum absolute atomic E-state index is 11.3. The van der Waals surface area contributed by atoms with Crippen molar-refractivity contribution >= 4 is 27.8 Å². The molecular formula is C13H16N2O3S. The Labute approximate surface area is 113 Å². The van der Waals surface area contributed by atoms with Gasteiger partial charge in [-0.25, -0.2) is 9.78 Å². The van der Waals surface area contributed by atoms with Gasteiger partial charge in [-0.05, 0) is 24.6 Å². The minimum atomic E-state index is -0.947. The van der Waals surface area contributed by atoms with E-state index in [1.54, 1.807) is 30.8 Å². The van der Waals surface area contributed by atoms with Gasteiger partial charge in [-0.3, -0.25) is 4.21 Å². The van der Waals surface area contributed by atoms with E-state index in [0.717, 1.165) is 17.5 Å². The minimum absolute atomic E-state index is 0.111. The molecule has 102 valence electrons. The molecule has 2 rings (SSSR count). The molecule has 0 aliphatic rings. The first-order valence-electron chi connectivity index (χ1n) is 5.99. The largest absolute Gasteiger partial charge is 0.478 e. The zero-order valence-corrected chi connectivity index (χ0v) is 11.7. The Morgan fingerprint density at radius 1 is 1.53 bits per heavy atom. The maximum Gasteiger partial charge on any atom is 0.335 e. The van der Waals surface area contributed by atoms with Crippen molar-refractivity contribution in [3.8, 4) is 0 Å². The summed E-state index contributed by atoms with van der Waals surface area (Å²) in [6.45, 7) is 2.62. The highest BCUT2D eigenvalue weighted by Gasteiger charge is 2.10. The highest BCUT2D eigenvalue weighted by Crippen LogP contribution is 2.16. The summed E-state index contributed by atoms with van der Waals surface area (Å²) in [6, 6.07) is 4.88. The van der Waals surface area contributed by atoms with E-state index in [-0.39, 0.29) is 10.8 Å². The molecule has 19 heavy (non-hydrogen) atoms. The lowest BCUT2D eigenvalue weighted by atomic mass is 10.2. The smallest absolute Gasteiger partial charge is 0.335 e. The third-order valence-electron chi connectivity index (χ3n) is 3.21. The SMILES string of the molecule is CC(CCn1cnc2ccc(C(=O)O)cc21)S(C)=O. The average Bonchev–Trinajstić information content (AvgIpc) is 2.77. The van der Waals surface area contributed by atoms with Crippen LogP contribution in [-0.4, -0.2) is 36.3 Å². The lowest BCUT2D eigenvalue weighted by Crippen LogP contribution is -2.12. The van der Waals surface area contributed by atoms with Crippen LogP contribution < -0.4 is 0 Å². The predicted octanol–water partition coefficient (Wildman–Crippen LogP) is 1.89. The van der Waals surface area contributed by atoms with Crippen LogP contribution in [0, 0.1) is 0 Å². The fourth-order valence-electron chi connectivity index (χ4n) is 1.85. The number of carboxylic acids is 1. The second-order valence-corrected chi connectivity index (χ2v) is 6.35. The molecule has 0 saturated carbocycles. The average molecular weight is 280 g/mol. The van der Waals surface area contributed by atoms with Crippen molar-refractivity contribution in [3.05, 3.63) is 30.1 Å². The number of fused-ring (bicyclic) bond motifs is 1. The monoisotopic (exact) mass is 280 g/mol. The van der Waals surface area contributed by atoms with Gasteiger partial charge in [0.25, 0.3) is 0 Å². The first kappa shape index (κ1) is 13.7. The summed E-state index contributed by atoms with van der Waals surface area (Å²) in [6.07, 6.45) is 4.16. The molecule has 2 aromatic rings. The van der Waals surface area contributed by atoms with Crippen molar-refractivity contribution in [2.45, 2.75) is 25.1 Å². The van der Waals surface area contributed by atoms with Crippen molar-refractivity contribution < 1.29 is 14.1 Å². The molecule has 0 saturated heterocycles. The Balaban J connectivity index is 2.26. The van der Waals surface area contributed by atoms with Gasteiger partial charge in [-0.1, -0.05) is 6.92 Å². The van der Waals surface area contributed by atoms with Crippen molar-refractivity contribution in [1.29, 1.82) is 0 Å². The molecule has 6 heteroatoms. The van der Waals surface area contributed by atoms with Crippen molar-refractivity contribution in [2.75, 3.05) is 6.26 Å². The number of hydrogen-bond acceptors (Lipinski definition) is 3. The zero-order valence-electron chi connectivity index (χ0n) is 10.9. The normalized spacial score (nSPS) is 14.4. The maximum atomic E-state index is 11.3. The summed E-state index contributed by atoms with van der Waals surface area (Å²) in [7, 11) is -0.845. The van der Waals surface area contributed by atoms with Gasteiger partial charge in [-0.15, -0.1) is 0 Å². The Hall–Kier alpha value is -1.69. The number of nitrogens with zero attached hydrogens (tertiary/aromatic N) is 2. The standard InChI is InChI=1S/C13H16N2O3S/c1-9(19(2)18)5-6-15-8-14-11-4-3-10(13(16)17)7-12(11)15/h3-4,7-9H,5-6H2,1-2H3,(H,16,17). The number of rotatable bonds is 5. The van der Waals surface area contributed by atoms with Crippen molar-refractivity contribution in [2.24, 2.45) is 0 Å². The lowest BCUT2D eigenvalue weighted by Gasteiger charge is -2.09. The van der Waals surface area contributed by atoms with Crippen LogP contribution >= 0.6 is 0 Å². The number of aromatic nitrogens is 2. The third kappa shape index (κ3) is 3.01. The van der Waals surface area contributed by atoms with E-state index in [4.69, 9.17) is 5.11 Å². The fourth-order valence-corrected chi connectivity index (χ4v) is 2.29. The summed E-state index contributed by atoms with van der Waals surface area (Å²) in [4.78, 5) is 15.2. The highest BCUT2D eigenvalue weighted by atomic mass is 32.2. The summed E-state index contributed by atoms with van der Waals surface area (Å²) in [5, 5.41) is 9.10. The van der Waals surface area contributed by atoms with E-state index in [2.05, 4.69) is 4.98 Å². The quantitative estimate of drug-likeness (QED) is 0.907. The molecule has 0 radical (unpaired) electrons. The van der Waals surface area contributed by atoms with E-state index in [0.29, 0.717) is 6.54 Å². The summed E-state index contributed by atoms with van der Waals surface area (Å²) in [5.74, 6) is -0.947. The molecule has 1 N–H and O–H groups in total. The number of hydrogen-bond donors (Lipinski definition) is 1. The Morgan fingerprint density at radius 2 is 2.26 bits per heavy atom. The molecule has 0 aliphatic carbocycles. The van der Waals surface area contributed by atoms with Crippen LogP contribution in [0.4, 0.5) is 0 Å². The van der Waals surface area contributed by atoms with Gasteiger partial charge in [0.15, 0.2) is 0 Å². The van der Waals surface area contributed by atoms with Crippen LogP contribution in [0.1, 0.15) is 23.7 Å². The topological polar surface area (TPSA) is 72.2 Å². The van der Waals surface area contributed by atoms with Crippen molar-refractivity contribution in [1.82, 2.24) is 9.55 Å². The molecule has 1 aromatic heterocycles. The Morgan fingerprint density at radius 3 is 2.89 bits per heavy atom. The Kier molecular flexibility index (Phi) is 3.99. The molecule has 1 heterocycles. The number of benzene rings is 1. The van der Waals surface area contributed by atoms with E-state index in [1.165, 1.54) is 0 Å². The van der Waals surface area contributed by atoms with Gasteiger partial charge in [-0.2, -0.15) is 0 Å². The highest BCUT2D eigenvalue weighted by molar-refractivity contribution is 7.84. The van der Waals surface area contributed by atoms with Crippen LogP contribution in [-0.2, 0) is 17.3 Å². The number of aromatic carboxylic acids is 1. The molecule has 0 spiro atoms. The van der Waals surface area contributed by atoms with Gasteiger partial charge in [0.05, 0.1) is 22.9 Å². The molecule has 0 fully saturated rings. The predicted molar refractivity (Wildman–Crippen MR) is 74.8 cm³/mol. The van der Waals surface area contributed by atoms with E-state index in [1.807, 2.05) is 11.5 Å². The number of aryl methyl sites for hydroxylation is 1. The molecule has 0 aliphatic heterocycles. The second kappa shape index (κ2) is 5.52. The zero-order chi connectivity index (χ0) is 14.0. The summed E-state index contributed by atoms with van der Waals surface area (Å²) < 4.78 is 13.2. The van der Waals surface area contributed by atoms with Crippen LogP contribution in [0.25, 0.3) is 11.0 Å². The molecular weight excluding hydrogens is 264 g/mol. The molecule has 0 bridgehead atoms. The van der Waals surface area contributed by atoms with Crippen molar-refractivity contribution in [3.63, 3.8) is 0 Å². The van der Waals surface area contributed by atoms with Crippen LogP contribution in [0.15, 0.2) is 24.5 Å². The van der Waals surface area contributed by atoms with E-state index >= 15 is 0 Å². The summed E-state index contributed by atoms with van der Waals surface area (Å²) in [5.41, 5.74) is 1.82. The van der Waals surface area contributed by atoms with Gasteiger partial charge >= 0.3 is 5.97 Å². The molecule has 0 amide bonds. The van der Waals surface area contributed by atoms with E-state index in [9.17, 15) is 9.00 Å². The number of carbonyl (C=O) groups is 1. The number of carboxylic acid groups (broad SMARTS) is 1. The van der Waals surface area contributed by atoms with Gasteiger partial charge in [0, 0.05) is 28.9 Å². The third-order valence-corrected chi connectivity index (χ3v) is 4.58. The first-order valence-corrected chi connectivity index (χ1v) is 7.61. The molecule has 5 nitrogen and oxygen atoms in total.